The van der Waals surface area contributed by atoms with Crippen molar-refractivity contribution in [1.82, 2.24) is 4.31 Å². The van der Waals surface area contributed by atoms with Crippen LogP contribution in [0.15, 0.2) is 70.3 Å². The van der Waals surface area contributed by atoms with E-state index in [-0.39, 0.29) is 21.1 Å². The Morgan fingerprint density at radius 1 is 1.03 bits per heavy atom. The number of anilines is 2. The van der Waals surface area contributed by atoms with Crippen LogP contribution >= 0.6 is 11.3 Å². The molecule has 0 aliphatic carbocycles. The van der Waals surface area contributed by atoms with Crippen LogP contribution in [0.3, 0.4) is 0 Å². The zero-order chi connectivity index (χ0) is 21.7. The zero-order valence-electron chi connectivity index (χ0n) is 15.8. The number of likely N-dealkylation sites (N-methyl/N-ethyl adjacent to an activating group) is 1. The summed E-state index contributed by atoms with van der Waals surface area (Å²) < 4.78 is 39.3. The molecule has 0 radical (unpaired) electrons. The lowest BCUT2D eigenvalue weighted by Gasteiger charge is -2.17. The SMILES string of the molecule is CN(CC(=O)Nc1ccccc1C(=O)Nc1cccc(F)c1)S(=O)(=O)c1cccs1. The molecule has 0 fully saturated rings. The average molecular weight is 448 g/mol. The predicted octanol–water partition coefficient (Wildman–Crippen LogP) is 3.40. The lowest BCUT2D eigenvalue weighted by molar-refractivity contribution is -0.116. The molecule has 0 saturated carbocycles. The molecule has 30 heavy (non-hydrogen) atoms. The number of rotatable bonds is 7. The number of halogens is 1. The average Bonchev–Trinajstić information content (AvgIpc) is 3.24. The number of nitrogens with zero attached hydrogens (tertiary/aromatic N) is 1. The summed E-state index contributed by atoms with van der Waals surface area (Å²) in [6.07, 6.45) is 0. The summed E-state index contributed by atoms with van der Waals surface area (Å²) >= 11 is 1.06. The van der Waals surface area contributed by atoms with E-state index in [2.05, 4.69) is 10.6 Å². The molecule has 10 heteroatoms. The van der Waals surface area contributed by atoms with Crippen molar-refractivity contribution in [3.05, 3.63) is 77.4 Å². The number of sulfonamides is 1. The van der Waals surface area contributed by atoms with Crippen LogP contribution in [0.1, 0.15) is 10.4 Å². The molecule has 2 N–H and O–H groups in total. The van der Waals surface area contributed by atoms with Crippen molar-refractivity contribution in [2.24, 2.45) is 0 Å². The standard InChI is InChI=1S/C20H18FN3O4S2/c1-24(30(27,28)19-10-5-11-29-19)13-18(25)23-17-9-3-2-8-16(17)20(26)22-15-7-4-6-14(21)12-15/h2-12H,13H2,1H3,(H,22,26)(H,23,25). The maximum Gasteiger partial charge on any atom is 0.257 e. The summed E-state index contributed by atoms with van der Waals surface area (Å²) in [5, 5.41) is 6.75. The summed E-state index contributed by atoms with van der Waals surface area (Å²) in [7, 11) is -2.48. The second kappa shape index (κ2) is 9.16. The van der Waals surface area contributed by atoms with Gasteiger partial charge in [-0.15, -0.1) is 11.3 Å². The monoisotopic (exact) mass is 447 g/mol. The second-order valence-corrected chi connectivity index (χ2v) is 9.47. The van der Waals surface area contributed by atoms with Crippen LogP contribution in [0.2, 0.25) is 0 Å². The zero-order valence-corrected chi connectivity index (χ0v) is 17.5. The van der Waals surface area contributed by atoms with Crippen LogP contribution < -0.4 is 10.6 Å². The molecule has 0 bridgehead atoms. The van der Waals surface area contributed by atoms with Crippen molar-refractivity contribution in [2.75, 3.05) is 24.2 Å². The first kappa shape index (κ1) is 21.6. The number of nitrogens with one attached hydrogen (secondary N) is 2. The minimum Gasteiger partial charge on any atom is -0.324 e. The van der Waals surface area contributed by atoms with Crippen molar-refractivity contribution in [3.63, 3.8) is 0 Å². The van der Waals surface area contributed by atoms with Crippen molar-refractivity contribution in [3.8, 4) is 0 Å². The molecule has 0 spiro atoms. The van der Waals surface area contributed by atoms with Gasteiger partial charge in [0.25, 0.3) is 15.9 Å². The van der Waals surface area contributed by atoms with Gasteiger partial charge in [-0.3, -0.25) is 9.59 Å². The molecular formula is C20H18FN3O4S2. The fourth-order valence-corrected chi connectivity index (χ4v) is 4.92. The normalized spacial score (nSPS) is 11.3. The Hall–Kier alpha value is -3.08. The van der Waals surface area contributed by atoms with Gasteiger partial charge in [0.15, 0.2) is 0 Å². The maximum atomic E-state index is 13.3. The van der Waals surface area contributed by atoms with E-state index < -0.39 is 34.2 Å². The quantitative estimate of drug-likeness (QED) is 0.580. The first-order chi connectivity index (χ1) is 14.3. The highest BCUT2D eigenvalue weighted by molar-refractivity contribution is 7.91. The Bertz CT molecular complexity index is 1160. The first-order valence-corrected chi connectivity index (χ1v) is 11.0. The number of hydrogen-bond acceptors (Lipinski definition) is 5. The van der Waals surface area contributed by atoms with Gasteiger partial charge < -0.3 is 10.6 Å². The minimum atomic E-state index is -3.78. The van der Waals surface area contributed by atoms with E-state index in [1.54, 1.807) is 23.6 Å². The van der Waals surface area contributed by atoms with Gasteiger partial charge in [-0.1, -0.05) is 24.3 Å². The van der Waals surface area contributed by atoms with E-state index in [0.29, 0.717) is 0 Å². The highest BCUT2D eigenvalue weighted by atomic mass is 32.2. The van der Waals surface area contributed by atoms with E-state index in [4.69, 9.17) is 0 Å². The molecule has 0 unspecified atom stereocenters. The molecule has 3 aromatic rings. The van der Waals surface area contributed by atoms with Gasteiger partial charge >= 0.3 is 0 Å². The fourth-order valence-electron chi connectivity index (χ4n) is 2.60. The largest absolute Gasteiger partial charge is 0.324 e. The third-order valence-electron chi connectivity index (χ3n) is 4.05. The summed E-state index contributed by atoms with van der Waals surface area (Å²) in [5.41, 5.74) is 0.625. The van der Waals surface area contributed by atoms with Crippen molar-refractivity contribution in [1.29, 1.82) is 0 Å². The Morgan fingerprint density at radius 3 is 2.50 bits per heavy atom. The van der Waals surface area contributed by atoms with Gasteiger partial charge in [-0.05, 0) is 41.8 Å². The van der Waals surface area contributed by atoms with Gasteiger partial charge in [0.05, 0.1) is 17.8 Å². The number of hydrogen-bond donors (Lipinski definition) is 2. The summed E-state index contributed by atoms with van der Waals surface area (Å²) in [5.74, 6) is -1.65. The third-order valence-corrected chi connectivity index (χ3v) is 7.23. The summed E-state index contributed by atoms with van der Waals surface area (Å²) in [6.45, 7) is -0.430. The third kappa shape index (κ3) is 5.09. The predicted molar refractivity (Wildman–Crippen MR) is 114 cm³/mol. The molecule has 156 valence electrons. The van der Waals surface area contributed by atoms with Crippen molar-refractivity contribution < 1.29 is 22.4 Å². The lowest BCUT2D eigenvalue weighted by atomic mass is 10.1. The highest BCUT2D eigenvalue weighted by Crippen LogP contribution is 2.21. The minimum absolute atomic E-state index is 0.132. The maximum absolute atomic E-state index is 13.3. The molecule has 3 rings (SSSR count). The van der Waals surface area contributed by atoms with E-state index in [9.17, 15) is 22.4 Å². The Morgan fingerprint density at radius 2 is 1.80 bits per heavy atom. The van der Waals surface area contributed by atoms with Gasteiger partial charge in [0.2, 0.25) is 5.91 Å². The van der Waals surface area contributed by atoms with E-state index in [0.717, 1.165) is 15.6 Å². The van der Waals surface area contributed by atoms with Crippen LogP contribution in [0.5, 0.6) is 0 Å². The summed E-state index contributed by atoms with van der Waals surface area (Å²) in [6, 6.07) is 14.7. The van der Waals surface area contributed by atoms with Crippen molar-refractivity contribution >= 4 is 44.5 Å². The summed E-state index contributed by atoms with van der Waals surface area (Å²) in [4.78, 5) is 25.0. The second-order valence-electron chi connectivity index (χ2n) is 6.25. The molecule has 2 aromatic carbocycles. The van der Waals surface area contributed by atoms with Gasteiger partial charge in [-0.25, -0.2) is 12.8 Å². The van der Waals surface area contributed by atoms with Gasteiger partial charge in [0, 0.05) is 12.7 Å². The van der Waals surface area contributed by atoms with E-state index in [1.165, 1.54) is 49.5 Å². The first-order valence-electron chi connectivity index (χ1n) is 8.73. The van der Waals surface area contributed by atoms with Crippen LogP contribution in [-0.4, -0.2) is 38.1 Å². The molecule has 0 aliphatic rings. The molecular weight excluding hydrogens is 429 g/mol. The van der Waals surface area contributed by atoms with Crippen molar-refractivity contribution in [2.45, 2.75) is 4.21 Å². The van der Waals surface area contributed by atoms with Crippen LogP contribution in [0, 0.1) is 5.82 Å². The fraction of sp³-hybridized carbons (Fsp3) is 0.100. The van der Waals surface area contributed by atoms with Crippen LogP contribution in [0.25, 0.3) is 0 Å². The molecule has 1 heterocycles. The number of benzene rings is 2. The molecule has 2 amide bonds. The number of carbonyl (C=O) groups excluding carboxylic acids is 2. The molecule has 0 atom stereocenters. The number of carbonyl (C=O) groups is 2. The Balaban J connectivity index is 1.71. The van der Waals surface area contributed by atoms with E-state index >= 15 is 0 Å². The Kier molecular flexibility index (Phi) is 6.60. The number of thiophene rings is 1. The number of para-hydroxylation sites is 1. The molecule has 0 aliphatic heterocycles. The van der Waals surface area contributed by atoms with Gasteiger partial charge in [0.1, 0.15) is 10.0 Å². The topological polar surface area (TPSA) is 95.6 Å². The van der Waals surface area contributed by atoms with Crippen LogP contribution in [-0.2, 0) is 14.8 Å². The smallest absolute Gasteiger partial charge is 0.257 e. The molecule has 1 aromatic heterocycles. The Labute approximate surface area is 177 Å². The number of amides is 2. The van der Waals surface area contributed by atoms with Crippen LogP contribution in [0.4, 0.5) is 15.8 Å². The highest BCUT2D eigenvalue weighted by Gasteiger charge is 2.24. The molecule has 0 saturated heterocycles. The van der Waals surface area contributed by atoms with E-state index in [1.807, 2.05) is 0 Å². The lowest BCUT2D eigenvalue weighted by Crippen LogP contribution is -2.35. The van der Waals surface area contributed by atoms with Gasteiger partial charge in [-0.2, -0.15) is 4.31 Å². The molecule has 7 nitrogen and oxygen atoms in total.